The molecule has 0 bridgehead atoms. The number of hydrogen-bond donors (Lipinski definition) is 0. The Morgan fingerprint density at radius 2 is 1.63 bits per heavy atom. The van der Waals surface area contributed by atoms with Crippen LogP contribution in [0, 0.1) is 25.6 Å². The molecular formula is C32H31N3O6. The Morgan fingerprint density at radius 1 is 0.927 bits per heavy atom. The molecule has 0 amide bonds. The van der Waals surface area contributed by atoms with Crippen molar-refractivity contribution < 1.29 is 19.4 Å². The van der Waals surface area contributed by atoms with Gasteiger partial charge in [0.1, 0.15) is 5.75 Å². The summed E-state index contributed by atoms with van der Waals surface area (Å²) in [5.74, 6) is 0.490. The summed E-state index contributed by atoms with van der Waals surface area (Å²) in [7, 11) is 1.62. The van der Waals surface area contributed by atoms with Crippen LogP contribution in [0.15, 0.2) is 78.4 Å². The van der Waals surface area contributed by atoms with Gasteiger partial charge in [0, 0.05) is 42.3 Å². The van der Waals surface area contributed by atoms with Crippen LogP contribution in [0.5, 0.6) is 5.75 Å². The third kappa shape index (κ3) is 4.50. The minimum Gasteiger partial charge on any atom is -0.497 e. The van der Waals surface area contributed by atoms with Gasteiger partial charge < -0.3 is 4.74 Å². The zero-order valence-corrected chi connectivity index (χ0v) is 22.8. The topological polar surface area (TPSA) is 116 Å². The zero-order valence-electron chi connectivity index (χ0n) is 22.8. The first kappa shape index (κ1) is 26.8. The molecule has 41 heavy (non-hydrogen) atoms. The number of nitro benzene ring substituents is 2. The lowest BCUT2D eigenvalue weighted by Gasteiger charge is -2.42. The lowest BCUT2D eigenvalue weighted by molar-refractivity contribution is -0.385. The predicted octanol–water partition coefficient (Wildman–Crippen LogP) is 6.64. The van der Waals surface area contributed by atoms with E-state index in [2.05, 4.69) is 4.90 Å². The molecule has 4 unspecified atom stereocenters. The Bertz CT molecular complexity index is 1550. The van der Waals surface area contributed by atoms with Gasteiger partial charge in [-0.3, -0.25) is 29.9 Å². The fourth-order valence-electron chi connectivity index (χ4n) is 7.63. The van der Waals surface area contributed by atoms with Crippen LogP contribution in [0.2, 0.25) is 0 Å². The van der Waals surface area contributed by atoms with E-state index in [0.29, 0.717) is 24.0 Å². The summed E-state index contributed by atoms with van der Waals surface area (Å²) in [6.07, 6.45) is 5.70. The Morgan fingerprint density at radius 3 is 2.34 bits per heavy atom. The van der Waals surface area contributed by atoms with Gasteiger partial charge in [-0.15, -0.1) is 0 Å². The molecule has 3 aromatic carbocycles. The van der Waals surface area contributed by atoms with Crippen molar-refractivity contribution in [3.8, 4) is 5.75 Å². The minimum absolute atomic E-state index is 0.00816. The largest absolute Gasteiger partial charge is 0.497 e. The summed E-state index contributed by atoms with van der Waals surface area (Å²) >= 11 is 0. The molecule has 0 aromatic heterocycles. The maximum absolute atomic E-state index is 14.8. The van der Waals surface area contributed by atoms with Crippen LogP contribution < -0.4 is 4.74 Å². The number of ketones is 1. The van der Waals surface area contributed by atoms with Gasteiger partial charge in [0.25, 0.3) is 11.4 Å². The van der Waals surface area contributed by atoms with Crippen molar-refractivity contribution in [1.29, 1.82) is 0 Å². The summed E-state index contributed by atoms with van der Waals surface area (Å²) in [6.45, 7) is 0.839. The Balaban J connectivity index is 1.52. The van der Waals surface area contributed by atoms with Gasteiger partial charge in [0.05, 0.1) is 22.4 Å². The number of fused-ring (bicyclic) bond motifs is 2. The molecule has 210 valence electrons. The molecule has 3 aliphatic rings. The molecule has 3 aromatic rings. The number of rotatable bonds is 6. The molecule has 9 heteroatoms. The number of carbonyl (C=O) groups excluding carboxylic acids is 1. The highest BCUT2D eigenvalue weighted by atomic mass is 16.6. The van der Waals surface area contributed by atoms with Gasteiger partial charge in [-0.25, -0.2) is 0 Å². The van der Waals surface area contributed by atoms with Crippen LogP contribution in [0.3, 0.4) is 0 Å². The predicted molar refractivity (Wildman–Crippen MR) is 154 cm³/mol. The molecule has 2 saturated heterocycles. The van der Waals surface area contributed by atoms with Gasteiger partial charge in [-0.05, 0) is 79.1 Å². The molecule has 1 aliphatic carbocycles. The van der Waals surface area contributed by atoms with E-state index in [1.54, 1.807) is 37.5 Å². The monoisotopic (exact) mass is 553 g/mol. The number of ether oxygens (including phenoxy) is 1. The first-order valence-electron chi connectivity index (χ1n) is 14.0. The van der Waals surface area contributed by atoms with Crippen molar-refractivity contribution in [2.75, 3.05) is 13.7 Å². The minimum atomic E-state index is -0.777. The Labute approximate surface area is 237 Å². The molecule has 9 nitrogen and oxygen atoms in total. The van der Waals surface area contributed by atoms with Crippen LogP contribution in [0.1, 0.15) is 60.8 Å². The number of methoxy groups -OCH3 is 1. The lowest BCUT2D eigenvalue weighted by atomic mass is 9.58. The third-order valence-corrected chi connectivity index (χ3v) is 9.19. The molecule has 1 saturated carbocycles. The molecule has 2 aliphatic heterocycles. The highest BCUT2D eigenvalue weighted by Gasteiger charge is 2.65. The van der Waals surface area contributed by atoms with Crippen molar-refractivity contribution in [3.05, 3.63) is 115 Å². The number of benzene rings is 3. The van der Waals surface area contributed by atoms with Crippen molar-refractivity contribution >= 4 is 23.2 Å². The molecule has 2 heterocycles. The fourth-order valence-corrected chi connectivity index (χ4v) is 7.63. The maximum atomic E-state index is 14.8. The van der Waals surface area contributed by atoms with E-state index in [-0.39, 0.29) is 40.1 Å². The number of nitrogens with zero attached hydrogens (tertiary/aromatic N) is 3. The SMILES string of the molecule is COc1ccc(C2C(c3cccc([N+](=O)[O-])c3)C3(CCC/C(=C\c4cccc([N+](=O)[O-])c4)C3=O)C3CCCN23)cc1. The third-order valence-electron chi connectivity index (χ3n) is 9.19. The standard InChI is InChI=1S/C32H31N3O6/c1-41-27-14-12-22(13-15-27)30-29(23-7-3-10-26(20-23)35(39)40)32(28-11-5-17-33(28)30)16-4-8-24(31(32)36)18-21-6-2-9-25(19-21)34(37)38/h2-3,6-7,9-10,12-15,18-20,28-30H,4-5,8,11,16-17H2,1H3/b24-18+. The summed E-state index contributed by atoms with van der Waals surface area (Å²) in [4.78, 5) is 39.6. The summed E-state index contributed by atoms with van der Waals surface area (Å²) in [6, 6.07) is 20.9. The van der Waals surface area contributed by atoms with E-state index in [1.165, 1.54) is 18.2 Å². The molecule has 0 radical (unpaired) electrons. The second-order valence-electron chi connectivity index (χ2n) is 11.2. The average molecular weight is 554 g/mol. The van der Waals surface area contributed by atoms with Crippen molar-refractivity contribution in [1.82, 2.24) is 4.90 Å². The normalized spacial score (nSPS) is 26.8. The summed E-state index contributed by atoms with van der Waals surface area (Å²) in [5, 5.41) is 23.2. The van der Waals surface area contributed by atoms with Crippen LogP contribution >= 0.6 is 0 Å². The number of hydrogen-bond acceptors (Lipinski definition) is 7. The van der Waals surface area contributed by atoms with E-state index < -0.39 is 10.3 Å². The maximum Gasteiger partial charge on any atom is 0.270 e. The Kier molecular flexibility index (Phi) is 6.91. The van der Waals surface area contributed by atoms with Gasteiger partial charge >= 0.3 is 0 Å². The quantitative estimate of drug-likeness (QED) is 0.191. The van der Waals surface area contributed by atoms with Crippen molar-refractivity contribution in [2.24, 2.45) is 5.41 Å². The second kappa shape index (κ2) is 10.6. The second-order valence-corrected chi connectivity index (χ2v) is 11.2. The van der Waals surface area contributed by atoms with E-state index >= 15 is 0 Å². The van der Waals surface area contributed by atoms with Crippen LogP contribution in [0.25, 0.3) is 6.08 Å². The summed E-state index contributed by atoms with van der Waals surface area (Å²) in [5.41, 5.74) is 2.34. The number of non-ortho nitro benzene ring substituents is 2. The molecule has 0 N–H and O–H groups in total. The number of Topliss-reactive ketones (excluding diaryl/α,β-unsaturated/α-hetero) is 1. The molecule has 6 rings (SSSR count). The van der Waals surface area contributed by atoms with Crippen LogP contribution in [0.4, 0.5) is 11.4 Å². The highest BCUT2D eigenvalue weighted by Crippen LogP contribution is 2.65. The molecular weight excluding hydrogens is 522 g/mol. The number of carbonyl (C=O) groups is 1. The van der Waals surface area contributed by atoms with E-state index in [0.717, 1.165) is 42.7 Å². The number of nitro groups is 2. The fraction of sp³-hybridized carbons (Fsp3) is 0.344. The van der Waals surface area contributed by atoms with E-state index in [4.69, 9.17) is 4.74 Å². The number of allylic oxidation sites excluding steroid dienone is 1. The molecule has 4 atom stereocenters. The van der Waals surface area contributed by atoms with Gasteiger partial charge in [-0.1, -0.05) is 36.4 Å². The zero-order chi connectivity index (χ0) is 28.7. The first-order chi connectivity index (χ1) is 19.8. The Hall–Kier alpha value is -4.37. The van der Waals surface area contributed by atoms with Gasteiger partial charge in [0.2, 0.25) is 0 Å². The van der Waals surface area contributed by atoms with Crippen molar-refractivity contribution in [2.45, 2.75) is 50.1 Å². The molecule has 3 fully saturated rings. The highest BCUT2D eigenvalue weighted by molar-refractivity contribution is 6.05. The van der Waals surface area contributed by atoms with Crippen LogP contribution in [-0.2, 0) is 4.79 Å². The van der Waals surface area contributed by atoms with E-state index in [1.807, 2.05) is 30.3 Å². The van der Waals surface area contributed by atoms with Gasteiger partial charge in [-0.2, -0.15) is 0 Å². The average Bonchev–Trinajstić information content (AvgIpc) is 3.57. The van der Waals surface area contributed by atoms with E-state index in [9.17, 15) is 25.0 Å². The van der Waals surface area contributed by atoms with Crippen molar-refractivity contribution in [3.63, 3.8) is 0 Å². The lowest BCUT2D eigenvalue weighted by Crippen LogP contribution is -2.47. The molecule has 1 spiro atoms. The van der Waals surface area contributed by atoms with Crippen LogP contribution in [-0.4, -0.2) is 40.2 Å². The smallest absolute Gasteiger partial charge is 0.270 e. The van der Waals surface area contributed by atoms with Gasteiger partial charge in [0.15, 0.2) is 5.78 Å². The first-order valence-corrected chi connectivity index (χ1v) is 14.0. The summed E-state index contributed by atoms with van der Waals surface area (Å²) < 4.78 is 5.40.